The van der Waals surface area contributed by atoms with Crippen LogP contribution in [0.1, 0.15) is 35.1 Å². The molecule has 0 saturated carbocycles. The number of amides is 1. The van der Waals surface area contributed by atoms with Crippen molar-refractivity contribution in [2.24, 2.45) is 0 Å². The van der Waals surface area contributed by atoms with Gasteiger partial charge in [0, 0.05) is 18.3 Å². The van der Waals surface area contributed by atoms with Crippen LogP contribution >= 0.6 is 0 Å². The summed E-state index contributed by atoms with van der Waals surface area (Å²) in [5.74, 6) is -0.781. The highest BCUT2D eigenvalue weighted by molar-refractivity contribution is 5.79. The molecule has 0 bridgehead atoms. The number of fused-ring (bicyclic) bond motifs is 3. The van der Waals surface area contributed by atoms with Crippen LogP contribution in [-0.4, -0.2) is 25.8 Å². The summed E-state index contributed by atoms with van der Waals surface area (Å²) in [6, 6.07) is 22.2. The number of carbonyl (C=O) groups is 2. The second-order valence-electron chi connectivity index (χ2n) is 7.38. The Bertz CT molecular complexity index is 1060. The number of hydrogen-bond donors (Lipinski definition) is 1. The van der Waals surface area contributed by atoms with E-state index < -0.39 is 18.1 Å². The van der Waals surface area contributed by atoms with Crippen molar-refractivity contribution in [1.82, 2.24) is 5.32 Å². The molecule has 0 aliphatic heterocycles. The smallest absolute Gasteiger partial charge is 0.407 e. The van der Waals surface area contributed by atoms with Crippen LogP contribution in [-0.2, 0) is 9.53 Å². The summed E-state index contributed by atoms with van der Waals surface area (Å²) in [5, 5.41) is 13.9. The fraction of sp³-hybridized carbons (Fsp3) is 0.200. The van der Waals surface area contributed by atoms with Crippen molar-refractivity contribution in [3.8, 4) is 16.9 Å². The molecule has 31 heavy (non-hydrogen) atoms. The number of alkyl carbamates (subject to hydrolysis) is 1. The highest BCUT2D eigenvalue weighted by atomic mass is 16.5. The largest absolute Gasteiger partial charge is 0.550 e. The van der Waals surface area contributed by atoms with E-state index in [4.69, 9.17) is 9.47 Å². The van der Waals surface area contributed by atoms with Gasteiger partial charge in [0.1, 0.15) is 12.4 Å². The molecule has 1 N–H and O–H groups in total. The van der Waals surface area contributed by atoms with E-state index in [1.165, 1.54) is 7.11 Å². The summed E-state index contributed by atoms with van der Waals surface area (Å²) in [4.78, 5) is 23.8. The molecule has 1 aliphatic carbocycles. The van der Waals surface area contributed by atoms with Gasteiger partial charge in [-0.3, -0.25) is 0 Å². The number of nitrogens with one attached hydrogen (secondary N) is 1. The van der Waals surface area contributed by atoms with Crippen molar-refractivity contribution in [2.75, 3.05) is 13.7 Å². The highest BCUT2D eigenvalue weighted by Gasteiger charge is 2.29. The first-order chi connectivity index (χ1) is 15.1. The van der Waals surface area contributed by atoms with Crippen LogP contribution in [0.25, 0.3) is 11.1 Å². The van der Waals surface area contributed by atoms with Crippen LogP contribution in [0.4, 0.5) is 4.79 Å². The molecule has 1 aliphatic rings. The van der Waals surface area contributed by atoms with Gasteiger partial charge in [0.2, 0.25) is 0 Å². The van der Waals surface area contributed by atoms with Crippen molar-refractivity contribution in [3.05, 3.63) is 89.5 Å². The predicted molar refractivity (Wildman–Crippen MR) is 114 cm³/mol. The van der Waals surface area contributed by atoms with E-state index in [1.807, 2.05) is 36.4 Å². The van der Waals surface area contributed by atoms with Crippen LogP contribution < -0.4 is 15.2 Å². The quantitative estimate of drug-likeness (QED) is 0.638. The van der Waals surface area contributed by atoms with Crippen molar-refractivity contribution in [1.29, 1.82) is 0 Å². The minimum atomic E-state index is -1.27. The summed E-state index contributed by atoms with van der Waals surface area (Å²) in [6.45, 7) is 0.149. The summed E-state index contributed by atoms with van der Waals surface area (Å²) in [5.41, 5.74) is 5.08. The fourth-order valence-electron chi connectivity index (χ4n) is 4.06. The third-order valence-corrected chi connectivity index (χ3v) is 5.50. The number of aliphatic carboxylic acids is 1. The lowest BCUT2D eigenvalue weighted by molar-refractivity contribution is -0.306. The van der Waals surface area contributed by atoms with Crippen LogP contribution in [0.15, 0.2) is 72.8 Å². The Labute approximate surface area is 180 Å². The van der Waals surface area contributed by atoms with Gasteiger partial charge < -0.3 is 24.7 Å². The topological polar surface area (TPSA) is 87.7 Å². The Kier molecular flexibility index (Phi) is 5.89. The minimum absolute atomic E-state index is 0.0745. The van der Waals surface area contributed by atoms with Crippen molar-refractivity contribution in [2.45, 2.75) is 18.4 Å². The first kappa shape index (κ1) is 20.5. The fourth-order valence-corrected chi connectivity index (χ4v) is 4.06. The maximum absolute atomic E-state index is 12.6. The lowest BCUT2D eigenvalue weighted by Crippen LogP contribution is -2.35. The first-order valence-corrected chi connectivity index (χ1v) is 10.0. The normalized spacial score (nSPS) is 13.1. The van der Waals surface area contributed by atoms with Crippen molar-refractivity contribution < 1.29 is 24.2 Å². The summed E-state index contributed by atoms with van der Waals surface area (Å²) in [6.07, 6.45) is -1.06. The lowest BCUT2D eigenvalue weighted by Gasteiger charge is -2.21. The molecule has 158 valence electrons. The number of carbonyl (C=O) groups excluding carboxylic acids is 2. The standard InChI is InChI=1S/C25H23NO5/c1-30-17-8-6-7-16(13-17)23(14-24(27)28)26-25(29)31-15-22-20-11-4-2-9-18(20)19-10-3-5-12-21(19)22/h2-13,22-23H,14-15H2,1H3,(H,26,29)(H,27,28)/p-1/t23-/m1/s1. The Balaban J connectivity index is 1.48. The van der Waals surface area contributed by atoms with E-state index in [0.29, 0.717) is 11.3 Å². The van der Waals surface area contributed by atoms with Crippen LogP contribution in [0.3, 0.4) is 0 Å². The van der Waals surface area contributed by atoms with Gasteiger partial charge in [0.25, 0.3) is 0 Å². The Hall–Kier alpha value is -3.80. The average Bonchev–Trinajstić information content (AvgIpc) is 3.11. The van der Waals surface area contributed by atoms with Gasteiger partial charge in [0.15, 0.2) is 0 Å². The van der Waals surface area contributed by atoms with Gasteiger partial charge in [0.05, 0.1) is 13.2 Å². The second-order valence-corrected chi connectivity index (χ2v) is 7.38. The molecule has 6 heteroatoms. The number of carboxylic acid groups (broad SMARTS) is 1. The number of hydrogen-bond acceptors (Lipinski definition) is 5. The second kappa shape index (κ2) is 8.92. The van der Waals surface area contributed by atoms with E-state index in [2.05, 4.69) is 17.4 Å². The number of ether oxygens (including phenoxy) is 2. The minimum Gasteiger partial charge on any atom is -0.550 e. The molecule has 6 nitrogen and oxygen atoms in total. The first-order valence-electron chi connectivity index (χ1n) is 10.0. The maximum Gasteiger partial charge on any atom is 0.407 e. The summed E-state index contributed by atoms with van der Waals surface area (Å²) >= 11 is 0. The molecule has 0 fully saturated rings. The number of carboxylic acids is 1. The number of methoxy groups -OCH3 is 1. The lowest BCUT2D eigenvalue weighted by atomic mass is 9.98. The van der Waals surface area contributed by atoms with E-state index in [0.717, 1.165) is 22.3 Å². The monoisotopic (exact) mass is 416 g/mol. The molecule has 0 unspecified atom stereocenters. The third kappa shape index (κ3) is 4.38. The van der Waals surface area contributed by atoms with E-state index in [1.54, 1.807) is 24.3 Å². The Morgan fingerprint density at radius 1 is 0.968 bits per heavy atom. The van der Waals surface area contributed by atoms with Crippen LogP contribution in [0.2, 0.25) is 0 Å². The third-order valence-electron chi connectivity index (χ3n) is 5.50. The van der Waals surface area contributed by atoms with Crippen molar-refractivity contribution >= 4 is 12.1 Å². The van der Waals surface area contributed by atoms with E-state index in [-0.39, 0.29) is 18.9 Å². The molecular formula is C25H22NO5-. The Morgan fingerprint density at radius 3 is 2.23 bits per heavy atom. The molecule has 3 aromatic carbocycles. The zero-order chi connectivity index (χ0) is 21.8. The van der Waals surface area contributed by atoms with Gasteiger partial charge in [-0.05, 0) is 39.9 Å². The molecule has 4 rings (SSSR count). The maximum atomic E-state index is 12.6. The molecule has 1 atom stereocenters. The highest BCUT2D eigenvalue weighted by Crippen LogP contribution is 2.44. The molecule has 0 radical (unpaired) electrons. The summed E-state index contributed by atoms with van der Waals surface area (Å²) < 4.78 is 10.7. The van der Waals surface area contributed by atoms with Crippen molar-refractivity contribution in [3.63, 3.8) is 0 Å². The van der Waals surface area contributed by atoms with Gasteiger partial charge in [-0.25, -0.2) is 4.79 Å². The molecule has 1 amide bonds. The number of benzene rings is 3. The molecule has 0 aromatic heterocycles. The van der Waals surface area contributed by atoms with E-state index in [9.17, 15) is 14.7 Å². The zero-order valence-electron chi connectivity index (χ0n) is 17.0. The Morgan fingerprint density at radius 2 is 1.61 bits per heavy atom. The van der Waals surface area contributed by atoms with Crippen LogP contribution in [0.5, 0.6) is 5.75 Å². The van der Waals surface area contributed by atoms with Crippen LogP contribution in [0, 0.1) is 0 Å². The van der Waals surface area contributed by atoms with Gasteiger partial charge in [-0.15, -0.1) is 0 Å². The van der Waals surface area contributed by atoms with Gasteiger partial charge >= 0.3 is 6.09 Å². The van der Waals surface area contributed by atoms with E-state index >= 15 is 0 Å². The predicted octanol–water partition coefficient (Wildman–Crippen LogP) is 3.42. The van der Waals surface area contributed by atoms with Gasteiger partial charge in [-0.2, -0.15) is 0 Å². The molecule has 3 aromatic rings. The number of rotatable bonds is 7. The summed E-state index contributed by atoms with van der Waals surface area (Å²) in [7, 11) is 1.52. The average molecular weight is 416 g/mol. The molecular weight excluding hydrogens is 394 g/mol. The molecule has 0 spiro atoms. The SMILES string of the molecule is COc1cccc([C@@H](CC(=O)[O-])NC(=O)OCC2c3ccccc3-c3ccccc32)c1. The zero-order valence-corrected chi connectivity index (χ0v) is 17.0. The molecule has 0 heterocycles. The van der Waals surface area contributed by atoms with Gasteiger partial charge in [-0.1, -0.05) is 60.7 Å². The molecule has 0 saturated heterocycles.